The van der Waals surface area contributed by atoms with Gasteiger partial charge in [0.05, 0.1) is 12.7 Å². The molecule has 30 heavy (non-hydrogen) atoms. The number of aromatic nitrogens is 4. The largest absolute Gasteiger partial charge is 0.396 e. The predicted molar refractivity (Wildman–Crippen MR) is 106 cm³/mol. The molecule has 6 nitrogen and oxygen atoms in total. The van der Waals surface area contributed by atoms with Crippen molar-refractivity contribution in [2.45, 2.75) is 13.0 Å². The van der Waals surface area contributed by atoms with Crippen molar-refractivity contribution >= 4 is 16.7 Å². The number of aliphatic hydroxyl groups is 1. The lowest BCUT2D eigenvalue weighted by atomic mass is 10.2. The average molecular weight is 413 g/mol. The van der Waals surface area contributed by atoms with E-state index < -0.39 is 17.5 Å². The molecule has 2 heterocycles. The Morgan fingerprint density at radius 3 is 2.57 bits per heavy atom. The molecule has 154 valence electrons. The van der Waals surface area contributed by atoms with Crippen LogP contribution in [0.2, 0.25) is 0 Å². The van der Waals surface area contributed by atoms with E-state index in [1.807, 2.05) is 0 Å². The molecule has 0 unspecified atom stereocenters. The molecule has 2 aromatic heterocycles. The second-order valence-electron chi connectivity index (χ2n) is 6.63. The van der Waals surface area contributed by atoms with Gasteiger partial charge in [0.15, 0.2) is 17.5 Å². The minimum Gasteiger partial charge on any atom is -0.396 e. The maximum atomic E-state index is 14.6. The highest BCUT2D eigenvalue weighted by Gasteiger charge is 2.19. The van der Waals surface area contributed by atoms with E-state index in [4.69, 9.17) is 5.11 Å². The van der Waals surface area contributed by atoms with Crippen LogP contribution in [0, 0.1) is 17.5 Å². The van der Waals surface area contributed by atoms with Gasteiger partial charge in [0.2, 0.25) is 0 Å². The van der Waals surface area contributed by atoms with Crippen LogP contribution in [0.25, 0.3) is 22.4 Å². The van der Waals surface area contributed by atoms with Crippen LogP contribution < -0.4 is 5.32 Å². The quantitative estimate of drug-likeness (QED) is 0.452. The van der Waals surface area contributed by atoms with Crippen LogP contribution in [0.1, 0.15) is 12.0 Å². The van der Waals surface area contributed by atoms with Crippen molar-refractivity contribution in [2.24, 2.45) is 0 Å². The molecule has 0 atom stereocenters. The summed E-state index contributed by atoms with van der Waals surface area (Å²) < 4.78 is 44.2. The number of para-hydroxylation sites is 1. The number of nitrogens with zero attached hydrogens (tertiary/aromatic N) is 4. The third-order valence-corrected chi connectivity index (χ3v) is 4.58. The van der Waals surface area contributed by atoms with E-state index in [1.54, 1.807) is 24.3 Å². The Kier molecular flexibility index (Phi) is 5.62. The molecule has 0 bridgehead atoms. The molecule has 2 aromatic carbocycles. The molecule has 0 amide bonds. The number of benzene rings is 2. The van der Waals surface area contributed by atoms with E-state index in [2.05, 4.69) is 20.4 Å². The van der Waals surface area contributed by atoms with Crippen molar-refractivity contribution in [2.75, 3.05) is 18.5 Å². The topological polar surface area (TPSA) is 75.9 Å². The highest BCUT2D eigenvalue weighted by atomic mass is 19.1. The van der Waals surface area contributed by atoms with Gasteiger partial charge in [0.25, 0.3) is 0 Å². The molecule has 0 aliphatic rings. The normalized spacial score (nSPS) is 11.2. The first-order chi connectivity index (χ1) is 14.6. The molecule has 2 N–H and O–H groups in total. The van der Waals surface area contributed by atoms with Crippen molar-refractivity contribution in [3.05, 3.63) is 71.7 Å². The van der Waals surface area contributed by atoms with Gasteiger partial charge in [-0.25, -0.2) is 23.1 Å². The molecule has 0 spiro atoms. The fraction of sp³-hybridized carbons (Fsp3) is 0.190. The fourth-order valence-corrected chi connectivity index (χ4v) is 3.15. The third-order valence-electron chi connectivity index (χ3n) is 4.58. The first-order valence-electron chi connectivity index (χ1n) is 9.34. The van der Waals surface area contributed by atoms with Crippen molar-refractivity contribution in [1.29, 1.82) is 0 Å². The van der Waals surface area contributed by atoms with Crippen LogP contribution in [0.5, 0.6) is 0 Å². The predicted octanol–water partition coefficient (Wildman–Crippen LogP) is 3.75. The fourth-order valence-electron chi connectivity index (χ4n) is 3.15. The summed E-state index contributed by atoms with van der Waals surface area (Å²) in [6.07, 6.45) is 1.43. The molecule has 4 aromatic rings. The summed E-state index contributed by atoms with van der Waals surface area (Å²) in [5.74, 6) is -1.54. The highest BCUT2D eigenvalue weighted by Crippen LogP contribution is 2.29. The van der Waals surface area contributed by atoms with Crippen LogP contribution in [0.4, 0.5) is 19.0 Å². The molecule has 0 aliphatic carbocycles. The van der Waals surface area contributed by atoms with E-state index in [1.165, 1.54) is 22.9 Å². The first-order valence-corrected chi connectivity index (χ1v) is 9.34. The molecule has 9 heteroatoms. The van der Waals surface area contributed by atoms with E-state index in [9.17, 15) is 13.2 Å². The Balaban J connectivity index is 1.80. The van der Waals surface area contributed by atoms with Gasteiger partial charge in [-0.15, -0.1) is 0 Å². The standard InChI is InChI=1S/C21H18F3N5O/c22-15-7-2-1-5-13(15)12-29-19-14(6-3-8-16(19)23)18(28-29)21-26-11-17(24)20(27-21)25-9-4-10-30/h1-3,5-8,11,30H,4,9-10,12H2,(H,25,26,27). The minimum absolute atomic E-state index is 0.00685. The molecule has 0 radical (unpaired) electrons. The van der Waals surface area contributed by atoms with Gasteiger partial charge in [-0.3, -0.25) is 4.68 Å². The zero-order valence-electron chi connectivity index (χ0n) is 15.8. The lowest BCUT2D eigenvalue weighted by Gasteiger charge is -2.06. The van der Waals surface area contributed by atoms with Gasteiger partial charge in [0.1, 0.15) is 22.8 Å². The summed E-state index contributed by atoms with van der Waals surface area (Å²) >= 11 is 0. The van der Waals surface area contributed by atoms with Crippen LogP contribution in [-0.2, 0) is 6.54 Å². The SMILES string of the molecule is OCCCNc1nc(-c2nn(Cc3ccccc3F)c3c(F)cccc23)ncc1F. The number of nitrogens with one attached hydrogen (secondary N) is 1. The Bertz CT molecular complexity index is 1190. The Hall–Kier alpha value is -3.46. The van der Waals surface area contributed by atoms with E-state index >= 15 is 0 Å². The maximum absolute atomic E-state index is 14.6. The van der Waals surface area contributed by atoms with Crippen molar-refractivity contribution in [1.82, 2.24) is 19.7 Å². The monoisotopic (exact) mass is 413 g/mol. The van der Waals surface area contributed by atoms with Crippen LogP contribution >= 0.6 is 0 Å². The van der Waals surface area contributed by atoms with Crippen LogP contribution in [-0.4, -0.2) is 38.0 Å². The zero-order valence-corrected chi connectivity index (χ0v) is 15.8. The van der Waals surface area contributed by atoms with E-state index in [0.29, 0.717) is 23.9 Å². The van der Waals surface area contributed by atoms with Crippen LogP contribution in [0.3, 0.4) is 0 Å². The van der Waals surface area contributed by atoms with E-state index in [-0.39, 0.29) is 36.0 Å². The lowest BCUT2D eigenvalue weighted by Crippen LogP contribution is -2.08. The van der Waals surface area contributed by atoms with Crippen molar-refractivity contribution < 1.29 is 18.3 Å². The molecule has 0 saturated heterocycles. The summed E-state index contributed by atoms with van der Waals surface area (Å²) in [6.45, 7) is 0.283. The van der Waals surface area contributed by atoms with Gasteiger partial charge >= 0.3 is 0 Å². The van der Waals surface area contributed by atoms with Crippen LogP contribution in [0.15, 0.2) is 48.7 Å². The Morgan fingerprint density at radius 2 is 1.77 bits per heavy atom. The lowest BCUT2D eigenvalue weighted by molar-refractivity contribution is 0.292. The van der Waals surface area contributed by atoms with Gasteiger partial charge < -0.3 is 10.4 Å². The summed E-state index contributed by atoms with van der Waals surface area (Å²) in [4.78, 5) is 8.19. The zero-order chi connectivity index (χ0) is 21.1. The molecular weight excluding hydrogens is 395 g/mol. The number of fused-ring (bicyclic) bond motifs is 1. The van der Waals surface area contributed by atoms with Crippen molar-refractivity contribution in [3.63, 3.8) is 0 Å². The summed E-state index contributed by atoms with van der Waals surface area (Å²) in [7, 11) is 0. The first kappa shape index (κ1) is 19.8. The molecule has 0 saturated carbocycles. The third kappa shape index (κ3) is 3.84. The maximum Gasteiger partial charge on any atom is 0.183 e. The second kappa shape index (κ2) is 8.50. The van der Waals surface area contributed by atoms with Gasteiger partial charge in [-0.1, -0.05) is 30.3 Å². The van der Waals surface area contributed by atoms with Gasteiger partial charge in [-0.05, 0) is 18.6 Å². The Labute approximate surface area is 170 Å². The van der Waals surface area contributed by atoms with Gasteiger partial charge in [-0.2, -0.15) is 5.10 Å². The minimum atomic E-state index is -0.655. The number of anilines is 1. The molecular formula is C21H18F3N5O. The molecule has 0 aliphatic heterocycles. The van der Waals surface area contributed by atoms with E-state index in [0.717, 1.165) is 6.20 Å². The number of rotatable bonds is 7. The number of halogens is 3. The van der Waals surface area contributed by atoms with Crippen molar-refractivity contribution in [3.8, 4) is 11.5 Å². The van der Waals surface area contributed by atoms with Gasteiger partial charge in [0, 0.05) is 24.1 Å². The molecule has 0 fully saturated rings. The summed E-state index contributed by atoms with van der Waals surface area (Å²) in [5, 5.41) is 16.5. The number of aliphatic hydroxyl groups excluding tert-OH is 1. The number of hydrogen-bond acceptors (Lipinski definition) is 5. The smallest absolute Gasteiger partial charge is 0.183 e. The summed E-state index contributed by atoms with van der Waals surface area (Å²) in [5.41, 5.74) is 0.785. The highest BCUT2D eigenvalue weighted by molar-refractivity contribution is 5.92. The number of hydrogen-bond donors (Lipinski definition) is 2. The Morgan fingerprint density at radius 1 is 0.967 bits per heavy atom. The molecule has 4 rings (SSSR count). The average Bonchev–Trinajstić information content (AvgIpc) is 3.11. The summed E-state index contributed by atoms with van der Waals surface area (Å²) in [6, 6.07) is 10.7. The second-order valence-corrected chi connectivity index (χ2v) is 6.63.